The molecule has 1 fully saturated rings. The second-order valence-corrected chi connectivity index (χ2v) is 11.0. The first-order valence-corrected chi connectivity index (χ1v) is 13.6. The molecule has 2 aromatic heterocycles. The van der Waals surface area contributed by atoms with Crippen molar-refractivity contribution in [2.45, 2.75) is 19.9 Å². The minimum Gasteiger partial charge on any atom is -0.353 e. The van der Waals surface area contributed by atoms with Gasteiger partial charge in [0.05, 0.1) is 5.52 Å². The summed E-state index contributed by atoms with van der Waals surface area (Å²) in [6.07, 6.45) is 1.98. The van der Waals surface area contributed by atoms with E-state index >= 15 is 0 Å². The molecule has 5 rings (SSSR count). The van der Waals surface area contributed by atoms with Gasteiger partial charge in [-0.25, -0.2) is 15.4 Å². The van der Waals surface area contributed by atoms with Gasteiger partial charge in [-0.15, -0.1) is 5.10 Å². The average Bonchev–Trinajstić information content (AvgIpc) is 3.51. The predicted molar refractivity (Wildman–Crippen MR) is 149 cm³/mol. The molecular formula is C25H35BrN10O. The topological polar surface area (TPSA) is 106 Å². The van der Waals surface area contributed by atoms with Gasteiger partial charge in [0.2, 0.25) is 11.9 Å². The molecule has 11 nitrogen and oxygen atoms in total. The second-order valence-electron chi connectivity index (χ2n) is 10.1. The second kappa shape index (κ2) is 10.9. The van der Waals surface area contributed by atoms with Crippen LogP contribution in [-0.2, 0) is 4.79 Å². The van der Waals surface area contributed by atoms with Gasteiger partial charge in [0.25, 0.3) is 0 Å². The number of halogens is 1. The first-order chi connectivity index (χ1) is 17.8. The first-order valence-electron chi connectivity index (χ1n) is 12.8. The molecule has 1 amide bonds. The predicted octanol–water partition coefficient (Wildman–Crippen LogP) is 1.63. The maximum atomic E-state index is 13.3. The van der Waals surface area contributed by atoms with Crippen LogP contribution in [0.2, 0.25) is 0 Å². The average molecular weight is 572 g/mol. The van der Waals surface area contributed by atoms with Crippen molar-refractivity contribution in [3.63, 3.8) is 0 Å². The van der Waals surface area contributed by atoms with Gasteiger partial charge >= 0.3 is 0 Å². The SMILES string of the molecule is CC(C)[C@@H](Nc1nc2c(Br)cccc2c2nc(C3=CN(C)NC3)nn12)C(=O)NCCN1CCN(C)CC1. The molecule has 0 unspecified atom stereocenters. The highest BCUT2D eigenvalue weighted by Gasteiger charge is 2.26. The number of rotatable bonds is 8. The van der Waals surface area contributed by atoms with Crippen molar-refractivity contribution in [3.8, 4) is 0 Å². The fourth-order valence-corrected chi connectivity index (χ4v) is 5.15. The number of fused-ring (bicyclic) bond motifs is 3. The highest BCUT2D eigenvalue weighted by molar-refractivity contribution is 9.10. The van der Waals surface area contributed by atoms with E-state index in [0.29, 0.717) is 30.5 Å². The number of nitrogens with zero attached hydrogens (tertiary/aromatic N) is 7. The van der Waals surface area contributed by atoms with Gasteiger partial charge in [-0.3, -0.25) is 9.69 Å². The molecule has 198 valence electrons. The molecule has 0 spiro atoms. The number of likely N-dealkylation sites (N-methyl/N-ethyl adjacent to an activating group) is 1. The van der Waals surface area contributed by atoms with Crippen molar-refractivity contribution in [1.29, 1.82) is 0 Å². The van der Waals surface area contributed by atoms with Crippen LogP contribution in [0.3, 0.4) is 0 Å². The van der Waals surface area contributed by atoms with Crippen LogP contribution >= 0.6 is 15.9 Å². The van der Waals surface area contributed by atoms with Crippen LogP contribution in [0.15, 0.2) is 28.9 Å². The van der Waals surface area contributed by atoms with Crippen molar-refractivity contribution in [2.75, 3.05) is 65.2 Å². The van der Waals surface area contributed by atoms with Gasteiger partial charge in [0, 0.05) is 74.5 Å². The maximum absolute atomic E-state index is 13.3. The number of nitrogens with one attached hydrogen (secondary N) is 3. The summed E-state index contributed by atoms with van der Waals surface area (Å²) < 4.78 is 2.58. The number of amides is 1. The molecular weight excluding hydrogens is 536 g/mol. The number of benzene rings is 1. The number of carbonyl (C=O) groups excluding carboxylic acids is 1. The Hall–Kier alpha value is -2.80. The highest BCUT2D eigenvalue weighted by Crippen LogP contribution is 2.28. The molecule has 1 aromatic carbocycles. The summed E-state index contributed by atoms with van der Waals surface area (Å²) >= 11 is 3.63. The Bertz CT molecular complexity index is 1310. The van der Waals surface area contributed by atoms with Gasteiger partial charge in [0.15, 0.2) is 11.5 Å². The minimum atomic E-state index is -0.478. The van der Waals surface area contributed by atoms with Crippen molar-refractivity contribution >= 4 is 49.9 Å². The Kier molecular flexibility index (Phi) is 7.61. The van der Waals surface area contributed by atoms with E-state index in [1.165, 1.54) is 0 Å². The molecule has 0 bridgehead atoms. The largest absolute Gasteiger partial charge is 0.353 e. The van der Waals surface area contributed by atoms with E-state index in [2.05, 4.69) is 48.8 Å². The molecule has 3 N–H and O–H groups in total. The highest BCUT2D eigenvalue weighted by atomic mass is 79.9. The molecule has 37 heavy (non-hydrogen) atoms. The first kappa shape index (κ1) is 25.8. The number of hydrogen-bond donors (Lipinski definition) is 3. The lowest BCUT2D eigenvalue weighted by atomic mass is 10.0. The van der Waals surface area contributed by atoms with Crippen molar-refractivity contribution in [1.82, 2.24) is 45.1 Å². The Morgan fingerprint density at radius 2 is 1.95 bits per heavy atom. The lowest BCUT2D eigenvalue weighted by Crippen LogP contribution is -2.49. The Balaban J connectivity index is 1.41. The summed E-state index contributed by atoms with van der Waals surface area (Å²) in [5, 5.41) is 14.1. The van der Waals surface area contributed by atoms with E-state index in [9.17, 15) is 4.79 Å². The van der Waals surface area contributed by atoms with E-state index in [4.69, 9.17) is 15.1 Å². The van der Waals surface area contributed by atoms with Gasteiger partial charge < -0.3 is 20.5 Å². The van der Waals surface area contributed by atoms with Gasteiger partial charge in [-0.1, -0.05) is 19.9 Å². The number of anilines is 1. The third-order valence-corrected chi connectivity index (χ3v) is 7.61. The van der Waals surface area contributed by atoms with E-state index < -0.39 is 6.04 Å². The molecule has 1 saturated heterocycles. The molecule has 12 heteroatoms. The number of aromatic nitrogens is 4. The van der Waals surface area contributed by atoms with Crippen LogP contribution in [0.5, 0.6) is 0 Å². The van der Waals surface area contributed by atoms with Gasteiger partial charge in [-0.05, 0) is 41.0 Å². The van der Waals surface area contributed by atoms with Crippen LogP contribution in [-0.4, -0.2) is 106 Å². The fraction of sp³-hybridized carbons (Fsp3) is 0.520. The zero-order chi connectivity index (χ0) is 26.1. The van der Waals surface area contributed by atoms with E-state index in [1.54, 1.807) is 4.52 Å². The smallest absolute Gasteiger partial charge is 0.242 e. The monoisotopic (exact) mass is 570 g/mol. The Morgan fingerprint density at radius 3 is 2.65 bits per heavy atom. The fourth-order valence-electron chi connectivity index (χ4n) is 4.69. The number of para-hydroxylation sites is 1. The van der Waals surface area contributed by atoms with Crippen molar-refractivity contribution < 1.29 is 4.79 Å². The molecule has 4 heterocycles. The summed E-state index contributed by atoms with van der Waals surface area (Å²) in [5.74, 6) is 1.11. The van der Waals surface area contributed by atoms with Crippen LogP contribution in [0.4, 0.5) is 5.95 Å². The van der Waals surface area contributed by atoms with Crippen molar-refractivity contribution in [2.24, 2.45) is 5.92 Å². The third-order valence-electron chi connectivity index (χ3n) is 6.97. The third kappa shape index (κ3) is 5.57. The van der Waals surface area contributed by atoms with Crippen LogP contribution in [0.1, 0.15) is 19.7 Å². The number of piperazine rings is 1. The number of hydrazine groups is 1. The van der Waals surface area contributed by atoms with Gasteiger partial charge in [0.1, 0.15) is 6.04 Å². The lowest BCUT2D eigenvalue weighted by molar-refractivity contribution is -0.122. The summed E-state index contributed by atoms with van der Waals surface area (Å²) in [5.41, 5.74) is 5.68. The molecule has 0 saturated carbocycles. The molecule has 1 atom stereocenters. The normalized spacial score (nSPS) is 18.1. The minimum absolute atomic E-state index is 0.0359. The van der Waals surface area contributed by atoms with Crippen molar-refractivity contribution in [3.05, 3.63) is 34.7 Å². The van der Waals surface area contributed by atoms with Gasteiger partial charge in [-0.2, -0.15) is 4.52 Å². The molecule has 0 radical (unpaired) electrons. The van der Waals surface area contributed by atoms with E-state index in [0.717, 1.165) is 53.7 Å². The van der Waals surface area contributed by atoms with Crippen LogP contribution < -0.4 is 16.1 Å². The lowest BCUT2D eigenvalue weighted by Gasteiger charge is -2.32. The zero-order valence-corrected chi connectivity index (χ0v) is 23.4. The Labute approximate surface area is 225 Å². The number of carbonyl (C=O) groups is 1. The maximum Gasteiger partial charge on any atom is 0.242 e. The summed E-state index contributed by atoms with van der Waals surface area (Å²) in [7, 11) is 4.09. The van der Waals surface area contributed by atoms with Crippen LogP contribution in [0, 0.1) is 5.92 Å². The van der Waals surface area contributed by atoms with E-state index in [1.807, 2.05) is 50.3 Å². The summed E-state index contributed by atoms with van der Waals surface area (Å²) in [4.78, 5) is 27.8. The summed E-state index contributed by atoms with van der Waals surface area (Å²) in [6, 6.07) is 5.43. The molecule has 0 aliphatic carbocycles. The molecule has 3 aromatic rings. The number of hydrogen-bond acceptors (Lipinski definition) is 9. The van der Waals surface area contributed by atoms with Crippen LogP contribution in [0.25, 0.3) is 22.1 Å². The molecule has 2 aliphatic heterocycles. The standard InChI is InChI=1S/C25H35BrN10O/c1-16(2)20(24(37)27-8-9-35-12-10-33(3)11-13-35)29-25-30-21-18(6-5-7-19(21)26)23-31-22(32-36(23)25)17-14-28-34(4)15-17/h5-7,15-16,20,28H,8-14H2,1-4H3,(H,27,37)(H,29,30)/t20-/m1/s1. The summed E-state index contributed by atoms with van der Waals surface area (Å²) in [6.45, 7) is 10.4. The zero-order valence-electron chi connectivity index (χ0n) is 21.8. The Morgan fingerprint density at radius 1 is 1.16 bits per heavy atom. The molecule has 2 aliphatic rings. The quantitative estimate of drug-likeness (QED) is 0.372. The van der Waals surface area contributed by atoms with E-state index in [-0.39, 0.29) is 11.8 Å².